The summed E-state index contributed by atoms with van der Waals surface area (Å²) in [6.07, 6.45) is 1.97. The number of carbonyl (C=O) groups is 1. The average molecular weight is 282 g/mol. The van der Waals surface area contributed by atoms with Crippen molar-refractivity contribution >= 4 is 11.4 Å². The fourth-order valence-corrected chi connectivity index (χ4v) is 3.38. The SMILES string of the molecule is O=C1/C(=C2\CCc3cc(F)ccc32)Cc2cc(F)ccc21. The summed E-state index contributed by atoms with van der Waals surface area (Å²) in [5.41, 5.74) is 4.99. The van der Waals surface area contributed by atoms with Crippen LogP contribution in [0.3, 0.4) is 0 Å². The highest BCUT2D eigenvalue weighted by molar-refractivity contribution is 6.17. The highest BCUT2D eigenvalue weighted by Crippen LogP contribution is 2.39. The molecule has 0 radical (unpaired) electrons. The molecule has 3 heteroatoms. The van der Waals surface area contributed by atoms with E-state index >= 15 is 0 Å². The molecule has 1 nitrogen and oxygen atoms in total. The van der Waals surface area contributed by atoms with E-state index in [9.17, 15) is 13.6 Å². The number of benzene rings is 2. The van der Waals surface area contributed by atoms with Crippen LogP contribution in [0.1, 0.15) is 33.5 Å². The van der Waals surface area contributed by atoms with E-state index in [2.05, 4.69) is 0 Å². The van der Waals surface area contributed by atoms with Crippen LogP contribution in [-0.2, 0) is 12.8 Å². The van der Waals surface area contributed by atoms with Gasteiger partial charge in [0.25, 0.3) is 0 Å². The second-order valence-electron chi connectivity index (χ2n) is 5.57. The number of carbonyl (C=O) groups excluding carboxylic acids is 1. The molecule has 104 valence electrons. The van der Waals surface area contributed by atoms with Crippen molar-refractivity contribution < 1.29 is 13.6 Å². The van der Waals surface area contributed by atoms with Gasteiger partial charge in [0.2, 0.25) is 0 Å². The molecule has 21 heavy (non-hydrogen) atoms. The molecule has 2 aliphatic rings. The van der Waals surface area contributed by atoms with Crippen LogP contribution in [-0.4, -0.2) is 5.78 Å². The minimum absolute atomic E-state index is 0.0165. The Morgan fingerprint density at radius 1 is 0.762 bits per heavy atom. The van der Waals surface area contributed by atoms with Crippen molar-refractivity contribution in [1.82, 2.24) is 0 Å². The zero-order chi connectivity index (χ0) is 14.6. The molecular weight excluding hydrogens is 270 g/mol. The maximum absolute atomic E-state index is 13.3. The minimum atomic E-state index is -0.318. The molecule has 0 heterocycles. The molecule has 0 atom stereocenters. The molecule has 0 amide bonds. The molecular formula is C18H12F2O. The Kier molecular flexibility index (Phi) is 2.58. The van der Waals surface area contributed by atoms with Crippen molar-refractivity contribution in [3.05, 3.63) is 75.9 Å². The number of aryl methyl sites for hydroxylation is 1. The van der Waals surface area contributed by atoms with Gasteiger partial charge in [0.15, 0.2) is 5.78 Å². The smallest absolute Gasteiger partial charge is 0.189 e. The lowest BCUT2D eigenvalue weighted by Crippen LogP contribution is -1.98. The van der Waals surface area contributed by atoms with Gasteiger partial charge in [-0.25, -0.2) is 8.78 Å². The summed E-state index contributed by atoms with van der Waals surface area (Å²) in [5, 5.41) is 0. The van der Waals surface area contributed by atoms with E-state index in [4.69, 9.17) is 0 Å². The summed E-state index contributed by atoms with van der Waals surface area (Å²) in [4.78, 5) is 12.5. The predicted molar refractivity (Wildman–Crippen MR) is 76.1 cm³/mol. The number of halogens is 2. The molecule has 0 saturated heterocycles. The van der Waals surface area contributed by atoms with Crippen molar-refractivity contribution in [3.8, 4) is 0 Å². The number of fused-ring (bicyclic) bond motifs is 2. The van der Waals surface area contributed by atoms with Crippen LogP contribution in [0.4, 0.5) is 8.78 Å². The summed E-state index contributed by atoms with van der Waals surface area (Å²) < 4.78 is 26.6. The lowest BCUT2D eigenvalue weighted by molar-refractivity contribution is 0.104. The third kappa shape index (κ3) is 1.84. The van der Waals surface area contributed by atoms with E-state index in [0.717, 1.165) is 40.7 Å². The fourth-order valence-electron chi connectivity index (χ4n) is 3.38. The van der Waals surface area contributed by atoms with Crippen LogP contribution in [0, 0.1) is 11.6 Å². The summed E-state index contributed by atoms with van der Waals surface area (Å²) in [6.45, 7) is 0. The third-order valence-electron chi connectivity index (χ3n) is 4.35. The van der Waals surface area contributed by atoms with E-state index in [1.807, 2.05) is 0 Å². The summed E-state index contributed by atoms with van der Waals surface area (Å²) in [5.74, 6) is -0.582. The first-order valence-electron chi connectivity index (χ1n) is 6.97. The lowest BCUT2D eigenvalue weighted by Gasteiger charge is -2.05. The molecule has 2 aliphatic carbocycles. The van der Waals surface area contributed by atoms with E-state index in [-0.39, 0.29) is 17.4 Å². The van der Waals surface area contributed by atoms with E-state index in [1.165, 1.54) is 24.3 Å². The van der Waals surface area contributed by atoms with Crippen LogP contribution in [0.15, 0.2) is 42.0 Å². The van der Waals surface area contributed by atoms with E-state index < -0.39 is 0 Å². The third-order valence-corrected chi connectivity index (χ3v) is 4.35. The number of Topliss-reactive ketones (excluding diaryl/α,β-unsaturated/α-hetero) is 1. The van der Waals surface area contributed by atoms with Crippen LogP contribution in [0.2, 0.25) is 0 Å². The molecule has 0 saturated carbocycles. The first-order valence-corrected chi connectivity index (χ1v) is 6.97. The number of rotatable bonds is 0. The second-order valence-corrected chi connectivity index (χ2v) is 5.57. The molecule has 0 spiro atoms. The van der Waals surface area contributed by atoms with Crippen molar-refractivity contribution in [2.45, 2.75) is 19.3 Å². The molecule has 2 aromatic carbocycles. The molecule has 0 N–H and O–H groups in total. The maximum Gasteiger partial charge on any atom is 0.189 e. The molecule has 0 unspecified atom stereocenters. The van der Waals surface area contributed by atoms with Gasteiger partial charge in [-0.2, -0.15) is 0 Å². The summed E-state index contributed by atoms with van der Waals surface area (Å²) in [7, 11) is 0. The van der Waals surface area contributed by atoms with Crippen LogP contribution in [0.25, 0.3) is 5.57 Å². The zero-order valence-corrected chi connectivity index (χ0v) is 11.2. The van der Waals surface area contributed by atoms with Crippen molar-refractivity contribution in [1.29, 1.82) is 0 Å². The minimum Gasteiger partial charge on any atom is -0.289 e. The normalized spacial score (nSPS) is 19.8. The maximum atomic E-state index is 13.3. The van der Waals surface area contributed by atoms with Crippen LogP contribution >= 0.6 is 0 Å². The van der Waals surface area contributed by atoms with Gasteiger partial charge in [0, 0.05) is 17.6 Å². The zero-order valence-electron chi connectivity index (χ0n) is 11.2. The Hall–Kier alpha value is -2.29. The first kappa shape index (κ1) is 12.5. The Morgan fingerprint density at radius 3 is 2.19 bits per heavy atom. The van der Waals surface area contributed by atoms with Gasteiger partial charge in [-0.1, -0.05) is 6.07 Å². The lowest BCUT2D eigenvalue weighted by atomic mass is 9.99. The molecule has 0 bridgehead atoms. The van der Waals surface area contributed by atoms with Gasteiger partial charge in [0.05, 0.1) is 0 Å². The molecule has 0 aromatic heterocycles. The highest BCUT2D eigenvalue weighted by Gasteiger charge is 2.30. The highest BCUT2D eigenvalue weighted by atomic mass is 19.1. The molecule has 4 rings (SSSR count). The van der Waals surface area contributed by atoms with Crippen molar-refractivity contribution in [2.75, 3.05) is 0 Å². The van der Waals surface area contributed by atoms with Gasteiger partial charge in [-0.05, 0) is 65.4 Å². The van der Waals surface area contributed by atoms with Crippen molar-refractivity contribution in [3.63, 3.8) is 0 Å². The van der Waals surface area contributed by atoms with Crippen molar-refractivity contribution in [2.24, 2.45) is 0 Å². The summed E-state index contributed by atoms with van der Waals surface area (Å²) in [6, 6.07) is 9.02. The monoisotopic (exact) mass is 282 g/mol. The van der Waals surface area contributed by atoms with E-state index in [1.54, 1.807) is 12.1 Å². The van der Waals surface area contributed by atoms with Gasteiger partial charge in [0.1, 0.15) is 11.6 Å². The molecule has 0 aliphatic heterocycles. The number of allylic oxidation sites excluding steroid dienone is 2. The Balaban J connectivity index is 1.85. The predicted octanol–water partition coefficient (Wildman–Crippen LogP) is 4.10. The van der Waals surface area contributed by atoms with Gasteiger partial charge < -0.3 is 0 Å². The quantitative estimate of drug-likeness (QED) is 0.665. The average Bonchev–Trinajstić information content (AvgIpc) is 2.99. The molecule has 0 fully saturated rings. The Bertz CT molecular complexity index is 818. The Labute approximate surface area is 120 Å². The van der Waals surface area contributed by atoms with Gasteiger partial charge in [-0.15, -0.1) is 0 Å². The van der Waals surface area contributed by atoms with Crippen LogP contribution < -0.4 is 0 Å². The Morgan fingerprint density at radius 2 is 1.43 bits per heavy atom. The first-order chi connectivity index (χ1) is 10.1. The summed E-state index contributed by atoms with van der Waals surface area (Å²) >= 11 is 0. The molecule has 2 aromatic rings. The second kappa shape index (κ2) is 4.35. The van der Waals surface area contributed by atoms with E-state index in [0.29, 0.717) is 12.0 Å². The number of hydrogen-bond donors (Lipinski definition) is 0. The standard InChI is InChI=1S/C18H12F2O/c19-12-2-5-14-10(7-12)1-4-16(14)17-9-11-8-13(20)3-6-15(11)18(17)21/h2-3,5-8H,1,4,9H2/b17-16+. The fraction of sp³-hybridized carbons (Fsp3) is 0.167. The van der Waals surface area contributed by atoms with Crippen LogP contribution in [0.5, 0.6) is 0 Å². The number of ketones is 1. The topological polar surface area (TPSA) is 17.1 Å². The van der Waals surface area contributed by atoms with Gasteiger partial charge >= 0.3 is 0 Å². The van der Waals surface area contributed by atoms with Gasteiger partial charge in [-0.3, -0.25) is 4.79 Å². The number of hydrogen-bond acceptors (Lipinski definition) is 1. The largest absolute Gasteiger partial charge is 0.289 e.